The van der Waals surface area contributed by atoms with Gasteiger partial charge in [-0.25, -0.2) is 0 Å². The Kier molecular flexibility index (Phi) is 2.44. The molecule has 1 aliphatic carbocycles. The van der Waals surface area contributed by atoms with E-state index in [-0.39, 0.29) is 0 Å². The first kappa shape index (κ1) is 9.90. The zero-order valence-electron chi connectivity index (χ0n) is 8.97. The molecule has 16 heavy (non-hydrogen) atoms. The summed E-state index contributed by atoms with van der Waals surface area (Å²) in [4.78, 5) is 12.0. The summed E-state index contributed by atoms with van der Waals surface area (Å²) < 4.78 is 0. The second-order valence-corrected chi connectivity index (χ2v) is 4.66. The molecule has 0 radical (unpaired) electrons. The van der Waals surface area contributed by atoms with Gasteiger partial charge in [0.25, 0.3) is 0 Å². The third-order valence-electron chi connectivity index (χ3n) is 2.92. The predicted octanol–water partition coefficient (Wildman–Crippen LogP) is 2.02. The highest BCUT2D eigenvalue weighted by Crippen LogP contribution is 2.31. The smallest absolute Gasteiger partial charge is 0.137 e. The normalized spacial score (nSPS) is 20.9. The Hall–Kier alpha value is -1.29. The van der Waals surface area contributed by atoms with Gasteiger partial charge in [0.05, 0.1) is 4.99 Å². The summed E-state index contributed by atoms with van der Waals surface area (Å²) >= 11 is 5.45. The molecule has 0 saturated heterocycles. The van der Waals surface area contributed by atoms with Crippen LogP contribution in [0.15, 0.2) is 29.5 Å². The second-order valence-electron chi connectivity index (χ2n) is 4.19. The molecular formula is C12H13N3S. The zero-order valence-corrected chi connectivity index (χ0v) is 9.78. The van der Waals surface area contributed by atoms with E-state index in [9.17, 15) is 0 Å². The summed E-state index contributed by atoms with van der Waals surface area (Å²) in [6.07, 6.45) is 7.03. The first-order valence-corrected chi connectivity index (χ1v) is 6.04. The van der Waals surface area contributed by atoms with Gasteiger partial charge in [-0.05, 0) is 25.0 Å². The van der Waals surface area contributed by atoms with Crippen LogP contribution in [0.3, 0.4) is 0 Å². The first-order valence-electron chi connectivity index (χ1n) is 5.63. The monoisotopic (exact) mass is 231 g/mol. The van der Waals surface area contributed by atoms with Gasteiger partial charge in [-0.2, -0.15) is 0 Å². The van der Waals surface area contributed by atoms with E-state index in [2.05, 4.69) is 20.9 Å². The quantitative estimate of drug-likeness (QED) is 0.729. The number of aliphatic imine (C=N–C) groups is 1. The molecule has 2 heterocycles. The van der Waals surface area contributed by atoms with Crippen LogP contribution in [-0.4, -0.2) is 33.3 Å². The van der Waals surface area contributed by atoms with Crippen molar-refractivity contribution in [3.8, 4) is 0 Å². The highest BCUT2D eigenvalue weighted by atomic mass is 32.1. The fourth-order valence-corrected chi connectivity index (χ4v) is 2.33. The molecule has 1 saturated carbocycles. The molecule has 0 unspecified atom stereocenters. The average Bonchev–Trinajstić information content (AvgIpc) is 3.14. The van der Waals surface area contributed by atoms with Crippen molar-refractivity contribution in [2.24, 2.45) is 4.99 Å². The van der Waals surface area contributed by atoms with Gasteiger partial charge in [0, 0.05) is 37.0 Å². The maximum Gasteiger partial charge on any atom is 0.137 e. The lowest BCUT2D eigenvalue weighted by molar-refractivity contribution is 0.577. The van der Waals surface area contributed by atoms with Crippen molar-refractivity contribution in [1.82, 2.24) is 9.88 Å². The molecule has 1 aliphatic heterocycles. The van der Waals surface area contributed by atoms with Gasteiger partial charge in [0.1, 0.15) is 5.84 Å². The van der Waals surface area contributed by atoms with E-state index in [4.69, 9.17) is 12.2 Å². The highest BCUT2D eigenvalue weighted by molar-refractivity contribution is 7.80. The SMILES string of the molecule is S=C1CCN=C(c2cccnc2)N1C1CC1. The Morgan fingerprint density at radius 2 is 2.25 bits per heavy atom. The number of thiocarbonyl (C=S) groups is 1. The van der Waals surface area contributed by atoms with E-state index in [1.54, 1.807) is 6.20 Å². The number of nitrogens with zero attached hydrogens (tertiary/aromatic N) is 3. The fourth-order valence-electron chi connectivity index (χ4n) is 2.01. The Labute approximate surface area is 100 Å². The van der Waals surface area contributed by atoms with Crippen LogP contribution in [0.2, 0.25) is 0 Å². The van der Waals surface area contributed by atoms with Crippen LogP contribution in [0.5, 0.6) is 0 Å². The van der Waals surface area contributed by atoms with Crippen LogP contribution >= 0.6 is 12.2 Å². The number of rotatable bonds is 2. The lowest BCUT2D eigenvalue weighted by atomic mass is 10.2. The van der Waals surface area contributed by atoms with E-state index in [1.165, 1.54) is 12.8 Å². The van der Waals surface area contributed by atoms with Crippen molar-refractivity contribution >= 4 is 23.0 Å². The van der Waals surface area contributed by atoms with Crippen molar-refractivity contribution in [3.05, 3.63) is 30.1 Å². The lowest BCUT2D eigenvalue weighted by Gasteiger charge is -2.30. The van der Waals surface area contributed by atoms with E-state index < -0.39 is 0 Å². The van der Waals surface area contributed by atoms with Gasteiger partial charge < -0.3 is 4.90 Å². The van der Waals surface area contributed by atoms with E-state index in [0.717, 1.165) is 29.4 Å². The predicted molar refractivity (Wildman–Crippen MR) is 67.7 cm³/mol. The Bertz CT molecular complexity index is 437. The van der Waals surface area contributed by atoms with Crippen LogP contribution in [0.4, 0.5) is 0 Å². The molecular weight excluding hydrogens is 218 g/mol. The van der Waals surface area contributed by atoms with Crippen LogP contribution < -0.4 is 0 Å². The maximum atomic E-state index is 5.45. The Balaban J connectivity index is 1.98. The minimum Gasteiger partial charge on any atom is -0.317 e. The second kappa shape index (κ2) is 3.94. The standard InChI is InChI=1S/C12H13N3S/c16-11-5-7-14-12(15(11)10-3-4-10)9-2-1-6-13-8-9/h1-2,6,8,10H,3-5,7H2. The van der Waals surface area contributed by atoms with Crippen LogP contribution in [0.1, 0.15) is 24.8 Å². The largest absolute Gasteiger partial charge is 0.317 e. The van der Waals surface area contributed by atoms with Crippen molar-refractivity contribution in [1.29, 1.82) is 0 Å². The molecule has 1 fully saturated rings. The van der Waals surface area contributed by atoms with Crippen LogP contribution in [0, 0.1) is 0 Å². The average molecular weight is 231 g/mol. The number of hydrogen-bond acceptors (Lipinski definition) is 3. The molecule has 2 aliphatic rings. The van der Waals surface area contributed by atoms with Gasteiger partial charge in [-0.1, -0.05) is 12.2 Å². The Morgan fingerprint density at radius 1 is 1.38 bits per heavy atom. The molecule has 0 amide bonds. The van der Waals surface area contributed by atoms with Gasteiger partial charge in [0.15, 0.2) is 0 Å². The molecule has 0 aromatic carbocycles. The third-order valence-corrected chi connectivity index (χ3v) is 3.32. The molecule has 1 aromatic rings. The molecule has 82 valence electrons. The van der Waals surface area contributed by atoms with Crippen molar-refractivity contribution in [2.45, 2.75) is 25.3 Å². The van der Waals surface area contributed by atoms with Crippen molar-refractivity contribution in [2.75, 3.05) is 6.54 Å². The summed E-state index contributed by atoms with van der Waals surface area (Å²) in [5, 5.41) is 0. The molecule has 0 bridgehead atoms. The van der Waals surface area contributed by atoms with E-state index >= 15 is 0 Å². The zero-order chi connectivity index (χ0) is 11.0. The van der Waals surface area contributed by atoms with E-state index in [0.29, 0.717) is 6.04 Å². The van der Waals surface area contributed by atoms with Crippen LogP contribution in [-0.2, 0) is 0 Å². The maximum absolute atomic E-state index is 5.45. The lowest BCUT2D eigenvalue weighted by Crippen LogP contribution is -2.41. The topological polar surface area (TPSA) is 28.5 Å². The summed E-state index contributed by atoms with van der Waals surface area (Å²) in [7, 11) is 0. The summed E-state index contributed by atoms with van der Waals surface area (Å²) in [5.74, 6) is 1.02. The molecule has 3 nitrogen and oxygen atoms in total. The summed E-state index contributed by atoms with van der Waals surface area (Å²) in [6.45, 7) is 0.812. The molecule has 4 heteroatoms. The molecule has 3 rings (SSSR count). The molecule has 0 spiro atoms. The minimum absolute atomic E-state index is 0.590. The Morgan fingerprint density at radius 3 is 2.94 bits per heavy atom. The van der Waals surface area contributed by atoms with E-state index in [1.807, 2.05) is 12.3 Å². The first-order chi connectivity index (χ1) is 7.86. The molecule has 0 atom stereocenters. The van der Waals surface area contributed by atoms with Gasteiger partial charge in [-0.15, -0.1) is 0 Å². The number of pyridine rings is 1. The minimum atomic E-state index is 0.590. The summed E-state index contributed by atoms with van der Waals surface area (Å²) in [6, 6.07) is 4.59. The van der Waals surface area contributed by atoms with Gasteiger partial charge >= 0.3 is 0 Å². The fraction of sp³-hybridized carbons (Fsp3) is 0.417. The molecule has 1 aromatic heterocycles. The highest BCUT2D eigenvalue weighted by Gasteiger charge is 2.35. The third kappa shape index (κ3) is 1.73. The van der Waals surface area contributed by atoms with Crippen LogP contribution in [0.25, 0.3) is 0 Å². The van der Waals surface area contributed by atoms with Crippen molar-refractivity contribution in [3.63, 3.8) is 0 Å². The number of aromatic nitrogens is 1. The van der Waals surface area contributed by atoms with Gasteiger partial charge in [0.2, 0.25) is 0 Å². The molecule has 0 N–H and O–H groups in total. The van der Waals surface area contributed by atoms with Crippen molar-refractivity contribution < 1.29 is 0 Å². The summed E-state index contributed by atoms with van der Waals surface area (Å²) in [5.41, 5.74) is 1.08. The number of hydrogen-bond donors (Lipinski definition) is 0. The van der Waals surface area contributed by atoms with Gasteiger partial charge in [-0.3, -0.25) is 9.98 Å². The number of amidine groups is 1.